The van der Waals surface area contributed by atoms with Crippen molar-refractivity contribution in [3.8, 4) is 5.75 Å². The number of aryl methyl sites for hydroxylation is 1. The van der Waals surface area contributed by atoms with E-state index in [1.54, 1.807) is 23.1 Å². The molecule has 2 aromatic heterocycles. The molecule has 1 N–H and O–H groups in total. The van der Waals surface area contributed by atoms with Crippen LogP contribution in [0.15, 0.2) is 51.7 Å². The van der Waals surface area contributed by atoms with Gasteiger partial charge in [0.1, 0.15) is 11.4 Å². The van der Waals surface area contributed by atoms with Crippen LogP contribution < -0.4 is 10.1 Å². The van der Waals surface area contributed by atoms with Gasteiger partial charge in [0.15, 0.2) is 6.73 Å². The van der Waals surface area contributed by atoms with Crippen LogP contribution in [0.2, 0.25) is 0 Å². The van der Waals surface area contributed by atoms with Crippen LogP contribution in [0, 0.1) is 0 Å². The van der Waals surface area contributed by atoms with E-state index in [9.17, 15) is 4.79 Å². The fraction of sp³-hybridized carbons (Fsp3) is 0.235. The fourth-order valence-corrected chi connectivity index (χ4v) is 3.02. The monoisotopic (exact) mass is 481 g/mol. The Morgan fingerprint density at radius 3 is 2.73 bits per heavy atom. The molecule has 9 heteroatoms. The molecule has 0 atom stereocenters. The Bertz CT molecular complexity index is 889. The molecule has 0 saturated carbocycles. The van der Waals surface area contributed by atoms with Crippen molar-refractivity contribution < 1.29 is 9.53 Å². The third-order valence-electron chi connectivity index (χ3n) is 3.66. The summed E-state index contributed by atoms with van der Waals surface area (Å²) in [6.45, 7) is 3.33. The zero-order valence-corrected chi connectivity index (χ0v) is 17.2. The first-order valence-corrected chi connectivity index (χ1v) is 9.55. The maximum atomic E-state index is 12.3. The summed E-state index contributed by atoms with van der Waals surface area (Å²) in [6.07, 6.45) is 3.43. The Kier molecular flexibility index (Phi) is 6.10. The Morgan fingerprint density at radius 2 is 2.00 bits per heavy atom. The summed E-state index contributed by atoms with van der Waals surface area (Å²) in [4.78, 5) is 12.3. The van der Waals surface area contributed by atoms with Crippen LogP contribution in [-0.2, 0) is 19.8 Å². The second kappa shape index (κ2) is 8.50. The van der Waals surface area contributed by atoms with Crippen LogP contribution >= 0.6 is 31.9 Å². The number of carbonyl (C=O) groups is 1. The summed E-state index contributed by atoms with van der Waals surface area (Å²) in [5, 5.41) is 11.3. The van der Waals surface area contributed by atoms with E-state index < -0.39 is 0 Å². The van der Waals surface area contributed by atoms with Crippen LogP contribution in [0.5, 0.6) is 5.75 Å². The van der Waals surface area contributed by atoms with E-state index in [1.165, 1.54) is 0 Å². The van der Waals surface area contributed by atoms with Gasteiger partial charge >= 0.3 is 0 Å². The summed E-state index contributed by atoms with van der Waals surface area (Å²) < 4.78 is 10.9. The molecule has 0 aliphatic heterocycles. The van der Waals surface area contributed by atoms with Gasteiger partial charge in [-0.2, -0.15) is 10.2 Å². The minimum Gasteiger partial charge on any atom is -0.471 e. The van der Waals surface area contributed by atoms with E-state index in [-0.39, 0.29) is 12.6 Å². The Balaban J connectivity index is 1.55. The van der Waals surface area contributed by atoms with Gasteiger partial charge in [0.05, 0.1) is 22.9 Å². The Morgan fingerprint density at radius 1 is 1.23 bits per heavy atom. The van der Waals surface area contributed by atoms with Gasteiger partial charge in [0.25, 0.3) is 5.91 Å². The number of halogens is 2. The molecule has 0 bridgehead atoms. The molecule has 0 aliphatic carbocycles. The van der Waals surface area contributed by atoms with E-state index in [0.29, 0.717) is 12.2 Å². The zero-order chi connectivity index (χ0) is 18.5. The number of nitrogens with one attached hydrogen (secondary N) is 1. The van der Waals surface area contributed by atoms with Gasteiger partial charge in [-0.3, -0.25) is 9.48 Å². The number of carbonyl (C=O) groups excluding carboxylic acids is 1. The quantitative estimate of drug-likeness (QED) is 0.558. The van der Waals surface area contributed by atoms with Gasteiger partial charge in [0, 0.05) is 17.2 Å². The number of aromatic nitrogens is 4. The average molecular weight is 483 g/mol. The van der Waals surface area contributed by atoms with Gasteiger partial charge in [-0.15, -0.1) is 0 Å². The maximum absolute atomic E-state index is 12.3. The third kappa shape index (κ3) is 4.53. The molecule has 3 rings (SSSR count). The first kappa shape index (κ1) is 18.7. The summed E-state index contributed by atoms with van der Waals surface area (Å²) in [5.74, 6) is 0.482. The van der Waals surface area contributed by atoms with Crippen molar-refractivity contribution in [3.63, 3.8) is 0 Å². The number of ether oxygens (including phenoxy) is 1. The lowest BCUT2D eigenvalue weighted by Gasteiger charge is -2.07. The molecule has 26 heavy (non-hydrogen) atoms. The summed E-state index contributed by atoms with van der Waals surface area (Å²) in [6, 6.07) is 9.17. The largest absolute Gasteiger partial charge is 0.471 e. The highest BCUT2D eigenvalue weighted by molar-refractivity contribution is 9.10. The van der Waals surface area contributed by atoms with Crippen molar-refractivity contribution in [1.82, 2.24) is 24.9 Å². The summed E-state index contributed by atoms with van der Waals surface area (Å²) in [5.41, 5.74) is 1.25. The van der Waals surface area contributed by atoms with Crippen molar-refractivity contribution in [1.29, 1.82) is 0 Å². The number of hydrogen-bond donors (Lipinski definition) is 1. The third-order valence-corrected chi connectivity index (χ3v) is 4.86. The molecular weight excluding hydrogens is 466 g/mol. The second-order valence-corrected chi connectivity index (χ2v) is 7.18. The number of amides is 1. The Labute approximate surface area is 167 Å². The molecule has 2 heterocycles. The van der Waals surface area contributed by atoms with Crippen molar-refractivity contribution in [2.45, 2.75) is 26.7 Å². The normalized spacial score (nSPS) is 10.7. The van der Waals surface area contributed by atoms with Crippen molar-refractivity contribution in [2.24, 2.45) is 0 Å². The maximum Gasteiger partial charge on any atom is 0.272 e. The van der Waals surface area contributed by atoms with Crippen LogP contribution in [0.3, 0.4) is 0 Å². The molecule has 1 amide bonds. The van der Waals surface area contributed by atoms with Crippen molar-refractivity contribution in [3.05, 3.63) is 63.1 Å². The molecule has 136 valence electrons. The lowest BCUT2D eigenvalue weighted by Crippen LogP contribution is -2.25. The predicted molar refractivity (Wildman–Crippen MR) is 104 cm³/mol. The van der Waals surface area contributed by atoms with Crippen LogP contribution in [0.1, 0.15) is 23.1 Å². The average Bonchev–Trinajstić information content (AvgIpc) is 3.26. The lowest BCUT2D eigenvalue weighted by molar-refractivity contribution is 0.0942. The molecule has 0 unspecified atom stereocenters. The van der Waals surface area contributed by atoms with Gasteiger partial charge in [-0.25, -0.2) is 4.68 Å². The molecule has 1 aromatic carbocycles. The number of hydrogen-bond acceptors (Lipinski definition) is 4. The molecule has 0 radical (unpaired) electrons. The zero-order valence-electron chi connectivity index (χ0n) is 14.0. The van der Waals surface area contributed by atoms with Gasteiger partial charge in [-0.1, -0.05) is 15.9 Å². The molecule has 7 nitrogen and oxygen atoms in total. The minimum absolute atomic E-state index is 0.225. The second-order valence-electron chi connectivity index (χ2n) is 5.41. The molecule has 0 aliphatic rings. The van der Waals surface area contributed by atoms with Crippen LogP contribution in [0.4, 0.5) is 0 Å². The molecule has 3 aromatic rings. The van der Waals surface area contributed by atoms with Gasteiger partial charge < -0.3 is 10.1 Å². The topological polar surface area (TPSA) is 74.0 Å². The highest BCUT2D eigenvalue weighted by Crippen LogP contribution is 2.17. The molecular formula is C17H17Br2N5O2. The van der Waals surface area contributed by atoms with E-state index in [1.807, 2.05) is 35.9 Å². The van der Waals surface area contributed by atoms with E-state index >= 15 is 0 Å². The molecule has 0 saturated heterocycles. The van der Waals surface area contributed by atoms with E-state index in [0.717, 1.165) is 26.9 Å². The van der Waals surface area contributed by atoms with Crippen LogP contribution in [0.25, 0.3) is 0 Å². The number of nitrogens with zero attached hydrogens (tertiary/aromatic N) is 4. The first-order valence-electron chi connectivity index (χ1n) is 7.97. The first-order chi connectivity index (χ1) is 12.6. The number of benzene rings is 1. The van der Waals surface area contributed by atoms with Gasteiger partial charge in [-0.05, 0) is 53.2 Å². The molecule has 0 spiro atoms. The summed E-state index contributed by atoms with van der Waals surface area (Å²) >= 11 is 6.82. The Hall–Kier alpha value is -2.13. The smallest absolute Gasteiger partial charge is 0.272 e. The van der Waals surface area contributed by atoms with Crippen molar-refractivity contribution >= 4 is 37.8 Å². The predicted octanol–water partition coefficient (Wildman–Crippen LogP) is 3.59. The number of rotatable bonds is 7. The standard InChI is InChI=1S/C17H17Br2N5O2/c1-2-24-16(14(19)9-21-24)10-20-17(25)15-7-8-23(22-15)11-26-13-5-3-12(18)4-6-13/h3-9H,2,10-11H2,1H3,(H,20,25). The fourth-order valence-electron chi connectivity index (χ4n) is 2.32. The van der Waals surface area contributed by atoms with E-state index in [4.69, 9.17) is 4.74 Å². The van der Waals surface area contributed by atoms with Crippen molar-refractivity contribution in [2.75, 3.05) is 0 Å². The van der Waals surface area contributed by atoms with E-state index in [2.05, 4.69) is 47.4 Å². The van der Waals surface area contributed by atoms with Crippen LogP contribution in [-0.4, -0.2) is 25.5 Å². The summed E-state index contributed by atoms with van der Waals surface area (Å²) in [7, 11) is 0. The highest BCUT2D eigenvalue weighted by Gasteiger charge is 2.13. The molecule has 0 fully saturated rings. The lowest BCUT2D eigenvalue weighted by atomic mass is 10.3. The minimum atomic E-state index is -0.247. The van der Waals surface area contributed by atoms with Gasteiger partial charge in [0.2, 0.25) is 0 Å². The SMILES string of the molecule is CCn1ncc(Br)c1CNC(=O)c1ccn(COc2ccc(Br)cc2)n1. The highest BCUT2D eigenvalue weighted by atomic mass is 79.9.